The highest BCUT2D eigenvalue weighted by atomic mass is 32.1. The maximum absolute atomic E-state index is 5.43. The lowest BCUT2D eigenvalue weighted by molar-refractivity contribution is 0.820. The van der Waals surface area contributed by atoms with Crippen molar-refractivity contribution in [2.45, 2.75) is 26.3 Å². The highest BCUT2D eigenvalue weighted by Crippen LogP contribution is 2.31. The van der Waals surface area contributed by atoms with E-state index >= 15 is 0 Å². The third-order valence-corrected chi connectivity index (χ3v) is 3.59. The number of pyridine rings is 1. The van der Waals surface area contributed by atoms with E-state index in [4.69, 9.17) is 5.73 Å². The molecule has 2 N–H and O–H groups in total. The maximum atomic E-state index is 5.43. The van der Waals surface area contributed by atoms with Crippen LogP contribution in [0.1, 0.15) is 5.69 Å². The van der Waals surface area contributed by atoms with Crippen LogP contribution in [0.5, 0.6) is 0 Å². The van der Waals surface area contributed by atoms with Crippen molar-refractivity contribution in [1.29, 1.82) is 0 Å². The lowest BCUT2D eigenvalue weighted by Gasteiger charge is -2.08. The number of aromatic nitrogens is 1. The number of nitrogens with two attached hydrogens (primary N) is 1. The quantitative estimate of drug-likeness (QED) is 0.482. The van der Waals surface area contributed by atoms with Crippen molar-refractivity contribution in [1.82, 2.24) is 4.98 Å². The fourth-order valence-corrected chi connectivity index (χ4v) is 1.79. The number of hydrogen-bond donors (Lipinski definition) is 5. The van der Waals surface area contributed by atoms with Gasteiger partial charge in [0.05, 0.1) is 10.6 Å². The van der Waals surface area contributed by atoms with Gasteiger partial charge in [0, 0.05) is 16.3 Å². The molecule has 0 amide bonds. The first-order chi connectivity index (χ1) is 5.57. The van der Waals surface area contributed by atoms with Crippen LogP contribution in [0.3, 0.4) is 0 Å². The van der Waals surface area contributed by atoms with Crippen molar-refractivity contribution in [2.75, 3.05) is 0 Å². The molecule has 1 aromatic rings. The molecule has 1 heterocycles. The van der Waals surface area contributed by atoms with E-state index in [1.165, 1.54) is 0 Å². The zero-order valence-corrected chi connectivity index (χ0v) is 9.60. The van der Waals surface area contributed by atoms with Gasteiger partial charge in [0.25, 0.3) is 0 Å². The van der Waals surface area contributed by atoms with Crippen LogP contribution in [0.25, 0.3) is 0 Å². The summed E-state index contributed by atoms with van der Waals surface area (Å²) in [7, 11) is 0. The van der Waals surface area contributed by atoms with Gasteiger partial charge < -0.3 is 5.73 Å². The third kappa shape index (κ3) is 1.88. The largest absolute Gasteiger partial charge is 0.325 e. The molecule has 2 nitrogen and oxygen atoms in total. The first-order valence-electron chi connectivity index (χ1n) is 3.10. The molecule has 0 saturated carbocycles. The van der Waals surface area contributed by atoms with Crippen LogP contribution >= 0.6 is 50.5 Å². The molecular formula is C6H8N2S4. The molecule has 12 heavy (non-hydrogen) atoms. The molecule has 0 spiro atoms. The summed E-state index contributed by atoms with van der Waals surface area (Å²) >= 11 is 16.7. The predicted octanol–water partition coefficient (Wildman–Crippen LogP) is 1.70. The Morgan fingerprint density at radius 1 is 1.00 bits per heavy atom. The van der Waals surface area contributed by atoms with Gasteiger partial charge in [-0.2, -0.15) is 0 Å². The van der Waals surface area contributed by atoms with Crippen molar-refractivity contribution in [2.24, 2.45) is 5.73 Å². The average Bonchev–Trinajstić information content (AvgIpc) is 2.08. The van der Waals surface area contributed by atoms with E-state index in [0.29, 0.717) is 32.0 Å². The molecule has 0 aliphatic heterocycles. The lowest BCUT2D eigenvalue weighted by atomic mass is 10.3. The van der Waals surface area contributed by atoms with Gasteiger partial charge in [-0.1, -0.05) is 0 Å². The number of thiol groups is 4. The van der Waals surface area contributed by atoms with Gasteiger partial charge in [0.2, 0.25) is 0 Å². The van der Waals surface area contributed by atoms with Gasteiger partial charge in [0.15, 0.2) is 0 Å². The maximum Gasteiger partial charge on any atom is 0.108 e. The normalized spacial score (nSPS) is 10.4. The number of rotatable bonds is 1. The van der Waals surface area contributed by atoms with Crippen LogP contribution < -0.4 is 5.73 Å². The third-order valence-electron chi connectivity index (χ3n) is 1.37. The van der Waals surface area contributed by atoms with Crippen LogP contribution in [0.2, 0.25) is 0 Å². The van der Waals surface area contributed by atoms with Crippen LogP contribution in [0, 0.1) is 0 Å². The van der Waals surface area contributed by atoms with E-state index in [9.17, 15) is 0 Å². The summed E-state index contributed by atoms with van der Waals surface area (Å²) in [6.45, 7) is 0.327. The first kappa shape index (κ1) is 10.6. The minimum Gasteiger partial charge on any atom is -0.325 e. The van der Waals surface area contributed by atoms with Crippen LogP contribution in [-0.2, 0) is 6.54 Å². The lowest BCUT2D eigenvalue weighted by Crippen LogP contribution is -2.02. The summed E-state index contributed by atoms with van der Waals surface area (Å²) in [5, 5.41) is 0.529. The van der Waals surface area contributed by atoms with E-state index in [2.05, 4.69) is 55.5 Å². The highest BCUT2D eigenvalue weighted by molar-refractivity contribution is 7.86. The van der Waals surface area contributed by atoms with Gasteiger partial charge in [0.1, 0.15) is 5.03 Å². The standard InChI is InChI=1S/C6H8N2S4/c7-1-2-3(9)4(10)5(11)6(12)8-2/h9,11H,1,7H2,(H2,8,10,12). The fourth-order valence-electron chi connectivity index (χ4n) is 0.731. The van der Waals surface area contributed by atoms with Crippen molar-refractivity contribution < 1.29 is 0 Å². The minimum atomic E-state index is 0.327. The molecule has 0 saturated heterocycles. The molecule has 0 unspecified atom stereocenters. The van der Waals surface area contributed by atoms with Crippen molar-refractivity contribution in [3.8, 4) is 0 Å². The average molecular weight is 236 g/mol. The molecule has 1 aromatic heterocycles. The summed E-state index contributed by atoms with van der Waals surface area (Å²) in [5.74, 6) is 0. The molecule has 0 aliphatic rings. The fraction of sp³-hybridized carbons (Fsp3) is 0.167. The second-order valence-corrected chi connectivity index (χ2v) is 3.90. The molecule has 66 valence electrons. The van der Waals surface area contributed by atoms with Gasteiger partial charge in [-0.15, -0.1) is 50.5 Å². The van der Waals surface area contributed by atoms with E-state index in [1.54, 1.807) is 0 Å². The Labute approximate surface area is 93.0 Å². The van der Waals surface area contributed by atoms with Gasteiger partial charge >= 0.3 is 0 Å². The summed E-state index contributed by atoms with van der Waals surface area (Å²) in [5.41, 5.74) is 6.12. The van der Waals surface area contributed by atoms with Gasteiger partial charge in [-0.05, 0) is 0 Å². The zero-order valence-electron chi connectivity index (χ0n) is 6.02. The van der Waals surface area contributed by atoms with Crippen LogP contribution in [0.15, 0.2) is 19.7 Å². The van der Waals surface area contributed by atoms with Gasteiger partial charge in [-0.3, -0.25) is 0 Å². The Bertz CT molecular complexity index is 313. The number of hydrogen-bond acceptors (Lipinski definition) is 6. The van der Waals surface area contributed by atoms with E-state index < -0.39 is 0 Å². The summed E-state index contributed by atoms with van der Waals surface area (Å²) in [4.78, 5) is 6.06. The molecular weight excluding hydrogens is 228 g/mol. The van der Waals surface area contributed by atoms with E-state index in [1.807, 2.05) is 0 Å². The van der Waals surface area contributed by atoms with Crippen molar-refractivity contribution >= 4 is 50.5 Å². The highest BCUT2D eigenvalue weighted by Gasteiger charge is 2.09. The first-order valence-corrected chi connectivity index (χ1v) is 4.89. The SMILES string of the molecule is NCc1nc(S)c(S)c(S)c1S. The summed E-state index contributed by atoms with van der Waals surface area (Å²) in [6, 6.07) is 0. The predicted molar refractivity (Wildman–Crippen MR) is 61.1 cm³/mol. The van der Waals surface area contributed by atoms with E-state index in [0.717, 1.165) is 0 Å². The Balaban J connectivity index is 3.39. The Kier molecular flexibility index (Phi) is 3.66. The summed E-state index contributed by atoms with van der Waals surface area (Å²) in [6.07, 6.45) is 0. The number of nitrogens with zero attached hydrogens (tertiary/aromatic N) is 1. The van der Waals surface area contributed by atoms with Gasteiger partial charge in [-0.25, -0.2) is 4.98 Å². The summed E-state index contributed by atoms with van der Waals surface area (Å²) < 4.78 is 0. The smallest absolute Gasteiger partial charge is 0.108 e. The second kappa shape index (κ2) is 4.15. The Hall–Kier alpha value is 0.510. The molecule has 1 rings (SSSR count). The molecule has 0 radical (unpaired) electrons. The van der Waals surface area contributed by atoms with E-state index in [-0.39, 0.29) is 0 Å². The molecule has 0 fully saturated rings. The van der Waals surface area contributed by atoms with Crippen molar-refractivity contribution in [3.63, 3.8) is 0 Å². The van der Waals surface area contributed by atoms with Crippen LogP contribution in [0.4, 0.5) is 0 Å². The second-order valence-electron chi connectivity index (χ2n) is 2.13. The molecule has 0 aliphatic carbocycles. The zero-order chi connectivity index (χ0) is 9.30. The topological polar surface area (TPSA) is 38.9 Å². The molecule has 0 bridgehead atoms. The monoisotopic (exact) mass is 236 g/mol. The molecule has 0 aromatic carbocycles. The Morgan fingerprint density at radius 2 is 1.58 bits per heavy atom. The molecule has 6 heteroatoms. The Morgan fingerprint density at radius 3 is 2.08 bits per heavy atom. The minimum absolute atomic E-state index is 0.327. The van der Waals surface area contributed by atoms with Crippen LogP contribution in [-0.4, -0.2) is 4.98 Å². The molecule has 0 atom stereocenters. The van der Waals surface area contributed by atoms with Crippen molar-refractivity contribution in [3.05, 3.63) is 5.69 Å².